The second kappa shape index (κ2) is 10.4. The molecule has 2 aromatic rings. The number of piperazine rings is 1. The first-order valence-electron chi connectivity index (χ1n) is 10.7. The number of aliphatic imine (C=N–C) groups is 1. The van der Waals surface area contributed by atoms with Crippen LogP contribution in [0.5, 0.6) is 0 Å². The van der Waals surface area contributed by atoms with Gasteiger partial charge in [0.15, 0.2) is 5.96 Å². The Kier molecular flexibility index (Phi) is 7.37. The fraction of sp³-hybridized carbons (Fsp3) is 0.500. The van der Waals surface area contributed by atoms with Crippen molar-refractivity contribution in [2.24, 2.45) is 4.99 Å². The third kappa shape index (κ3) is 5.34. The number of hydrogen-bond donors (Lipinski definition) is 1. The number of ether oxygens (including phenoxy) is 1. The summed E-state index contributed by atoms with van der Waals surface area (Å²) >= 11 is 1.77. The number of rotatable bonds is 5. The minimum atomic E-state index is -0.418. The maximum absolute atomic E-state index is 14.1. The molecule has 4 rings (SSSR count). The molecule has 0 saturated carbocycles. The molecule has 0 bridgehead atoms. The SMILES string of the molecule is CN=C(NCC(c1cccs1)N1CCOCC1)N1CCN(c2cc(F)ccc2F)CC1. The molecule has 1 atom stereocenters. The van der Waals surface area contributed by atoms with E-state index in [1.807, 2.05) is 4.90 Å². The van der Waals surface area contributed by atoms with Crippen LogP contribution in [-0.4, -0.2) is 81.8 Å². The molecule has 31 heavy (non-hydrogen) atoms. The summed E-state index contributed by atoms with van der Waals surface area (Å²) < 4.78 is 33.2. The first kappa shape index (κ1) is 22.0. The molecule has 0 radical (unpaired) electrons. The lowest BCUT2D eigenvalue weighted by molar-refractivity contribution is 0.0176. The highest BCUT2D eigenvalue weighted by Crippen LogP contribution is 2.26. The molecule has 2 aliphatic heterocycles. The Labute approximate surface area is 186 Å². The van der Waals surface area contributed by atoms with Crippen LogP contribution >= 0.6 is 11.3 Å². The van der Waals surface area contributed by atoms with Crippen molar-refractivity contribution in [2.45, 2.75) is 6.04 Å². The van der Waals surface area contributed by atoms with Gasteiger partial charge < -0.3 is 19.9 Å². The number of hydrogen-bond acceptors (Lipinski definition) is 5. The standard InChI is InChI=1S/C22H29F2N5OS/c1-25-22(26-16-20(21-3-2-14-31-21)28-10-12-30-13-11-28)29-8-6-27(7-9-29)19-15-17(23)4-5-18(19)24/h2-5,14-15,20H,6-13,16H2,1H3,(H,25,26). The lowest BCUT2D eigenvalue weighted by Crippen LogP contribution is -2.54. The summed E-state index contributed by atoms with van der Waals surface area (Å²) in [7, 11) is 1.79. The smallest absolute Gasteiger partial charge is 0.193 e. The first-order valence-corrected chi connectivity index (χ1v) is 11.5. The molecular formula is C22H29F2N5OS. The Bertz CT molecular complexity index is 865. The fourth-order valence-electron chi connectivity index (χ4n) is 4.19. The Morgan fingerprint density at radius 2 is 1.90 bits per heavy atom. The molecule has 1 N–H and O–H groups in total. The van der Waals surface area contributed by atoms with Crippen LogP contribution < -0.4 is 10.2 Å². The van der Waals surface area contributed by atoms with Crippen LogP contribution in [-0.2, 0) is 4.74 Å². The molecule has 1 unspecified atom stereocenters. The molecule has 0 spiro atoms. The minimum absolute atomic E-state index is 0.267. The Hall–Kier alpha value is -2.23. The van der Waals surface area contributed by atoms with Crippen molar-refractivity contribution in [2.75, 3.05) is 71.0 Å². The normalized spacial score (nSPS) is 19.5. The van der Waals surface area contributed by atoms with Crippen molar-refractivity contribution in [3.05, 3.63) is 52.2 Å². The van der Waals surface area contributed by atoms with Crippen LogP contribution in [0.3, 0.4) is 0 Å². The molecule has 0 aliphatic carbocycles. The van der Waals surface area contributed by atoms with Crippen molar-refractivity contribution in [1.82, 2.24) is 15.1 Å². The molecule has 2 saturated heterocycles. The number of halogens is 2. The second-order valence-electron chi connectivity index (χ2n) is 7.68. The van der Waals surface area contributed by atoms with Crippen molar-refractivity contribution >= 4 is 23.0 Å². The van der Waals surface area contributed by atoms with Gasteiger partial charge >= 0.3 is 0 Å². The summed E-state index contributed by atoms with van der Waals surface area (Å²) in [5.74, 6) is 0.0369. The average molecular weight is 450 g/mol. The Morgan fingerprint density at radius 3 is 2.58 bits per heavy atom. The highest BCUT2D eigenvalue weighted by Gasteiger charge is 2.26. The zero-order valence-electron chi connectivity index (χ0n) is 17.8. The predicted molar refractivity (Wildman–Crippen MR) is 121 cm³/mol. The van der Waals surface area contributed by atoms with E-state index >= 15 is 0 Å². The summed E-state index contributed by atoms with van der Waals surface area (Å²) in [5, 5.41) is 5.66. The lowest BCUT2D eigenvalue weighted by Gasteiger charge is -2.39. The Balaban J connectivity index is 1.36. The van der Waals surface area contributed by atoms with Gasteiger partial charge in [-0.25, -0.2) is 8.78 Å². The van der Waals surface area contributed by atoms with E-state index < -0.39 is 5.82 Å². The highest BCUT2D eigenvalue weighted by atomic mass is 32.1. The molecule has 2 fully saturated rings. The maximum atomic E-state index is 14.1. The highest BCUT2D eigenvalue weighted by molar-refractivity contribution is 7.10. The maximum Gasteiger partial charge on any atom is 0.193 e. The van der Waals surface area contributed by atoms with Gasteiger partial charge in [0.05, 0.1) is 24.9 Å². The van der Waals surface area contributed by atoms with E-state index in [0.29, 0.717) is 31.9 Å². The molecule has 0 amide bonds. The van der Waals surface area contributed by atoms with Crippen LogP contribution in [0.25, 0.3) is 0 Å². The molecule has 1 aromatic carbocycles. The topological polar surface area (TPSA) is 43.3 Å². The molecule has 6 nitrogen and oxygen atoms in total. The molecule has 168 valence electrons. The summed E-state index contributed by atoms with van der Waals surface area (Å²) in [4.78, 5) is 12.3. The van der Waals surface area contributed by atoms with E-state index in [1.54, 1.807) is 18.4 Å². The zero-order valence-corrected chi connectivity index (χ0v) is 18.6. The van der Waals surface area contributed by atoms with Gasteiger partial charge in [-0.15, -0.1) is 11.3 Å². The Morgan fingerprint density at radius 1 is 1.13 bits per heavy atom. The number of nitrogens with zero attached hydrogens (tertiary/aromatic N) is 4. The van der Waals surface area contributed by atoms with E-state index in [-0.39, 0.29) is 11.9 Å². The van der Waals surface area contributed by atoms with Gasteiger partial charge in [-0.3, -0.25) is 9.89 Å². The summed E-state index contributed by atoms with van der Waals surface area (Å²) in [6.07, 6.45) is 0. The number of nitrogens with one attached hydrogen (secondary N) is 1. The minimum Gasteiger partial charge on any atom is -0.379 e. The number of thiophene rings is 1. The van der Waals surface area contributed by atoms with Gasteiger partial charge in [0.1, 0.15) is 11.6 Å². The van der Waals surface area contributed by atoms with Crippen molar-refractivity contribution < 1.29 is 13.5 Å². The van der Waals surface area contributed by atoms with Crippen molar-refractivity contribution in [3.63, 3.8) is 0 Å². The molecule has 3 heterocycles. The van der Waals surface area contributed by atoms with Crippen LogP contribution in [0.15, 0.2) is 40.7 Å². The van der Waals surface area contributed by atoms with Crippen LogP contribution in [0.1, 0.15) is 10.9 Å². The van der Waals surface area contributed by atoms with Crippen LogP contribution in [0.2, 0.25) is 0 Å². The van der Waals surface area contributed by atoms with Gasteiger partial charge in [-0.2, -0.15) is 0 Å². The molecule has 2 aliphatic rings. The number of benzene rings is 1. The van der Waals surface area contributed by atoms with Crippen molar-refractivity contribution in [3.8, 4) is 0 Å². The summed E-state index contributed by atoms with van der Waals surface area (Å²) in [6, 6.07) is 8.15. The summed E-state index contributed by atoms with van der Waals surface area (Å²) in [6.45, 7) is 6.71. The largest absolute Gasteiger partial charge is 0.379 e. The quantitative estimate of drug-likeness (QED) is 0.562. The van der Waals surface area contributed by atoms with Crippen LogP contribution in [0, 0.1) is 11.6 Å². The van der Waals surface area contributed by atoms with E-state index in [4.69, 9.17) is 4.74 Å². The van der Waals surface area contributed by atoms with E-state index in [9.17, 15) is 8.78 Å². The number of morpholine rings is 1. The molecule has 1 aromatic heterocycles. The van der Waals surface area contributed by atoms with Gasteiger partial charge in [0, 0.05) is 63.8 Å². The third-order valence-electron chi connectivity index (χ3n) is 5.85. The predicted octanol–water partition coefficient (Wildman–Crippen LogP) is 2.80. The fourth-order valence-corrected chi connectivity index (χ4v) is 5.05. The van der Waals surface area contributed by atoms with Gasteiger partial charge in [-0.05, 0) is 23.6 Å². The number of guanidine groups is 1. The first-order chi connectivity index (χ1) is 15.2. The molecule has 9 heteroatoms. The summed E-state index contributed by atoms with van der Waals surface area (Å²) in [5.41, 5.74) is 0.327. The zero-order chi connectivity index (χ0) is 21.6. The van der Waals surface area contributed by atoms with E-state index in [2.05, 4.69) is 37.6 Å². The van der Waals surface area contributed by atoms with Gasteiger partial charge in [0.2, 0.25) is 0 Å². The lowest BCUT2D eigenvalue weighted by atomic mass is 10.2. The van der Waals surface area contributed by atoms with Gasteiger partial charge in [0.25, 0.3) is 0 Å². The average Bonchev–Trinajstić information content (AvgIpc) is 3.34. The van der Waals surface area contributed by atoms with Crippen LogP contribution in [0.4, 0.5) is 14.5 Å². The second-order valence-corrected chi connectivity index (χ2v) is 8.66. The number of anilines is 1. The van der Waals surface area contributed by atoms with Crippen molar-refractivity contribution in [1.29, 1.82) is 0 Å². The third-order valence-corrected chi connectivity index (χ3v) is 6.83. The van der Waals surface area contributed by atoms with Gasteiger partial charge in [-0.1, -0.05) is 6.07 Å². The molecular weight excluding hydrogens is 420 g/mol. The van der Waals surface area contributed by atoms with E-state index in [0.717, 1.165) is 44.9 Å². The van der Waals surface area contributed by atoms with E-state index in [1.165, 1.54) is 17.0 Å². The monoisotopic (exact) mass is 449 g/mol.